The Labute approximate surface area is 169 Å². The van der Waals surface area contributed by atoms with E-state index in [-0.39, 0.29) is 30.5 Å². The van der Waals surface area contributed by atoms with E-state index in [1.807, 2.05) is 24.3 Å². The van der Waals surface area contributed by atoms with E-state index in [2.05, 4.69) is 15.3 Å². The molecule has 2 heterocycles. The average Bonchev–Trinajstić information content (AvgIpc) is 3.17. The second-order valence-corrected chi connectivity index (χ2v) is 7.82. The Morgan fingerprint density at radius 3 is 2.48 bits per heavy atom. The summed E-state index contributed by atoms with van der Waals surface area (Å²) in [6.07, 6.45) is 7.75. The van der Waals surface area contributed by atoms with Crippen LogP contribution >= 0.6 is 0 Å². The molecule has 2 aliphatic rings. The standard InChI is InChI=1S/C21H26N6O2/c22-18(26-20(29)27-10-1-3-17(27)13-28)21(8-2-9-21)16-6-4-14(5-7-16)15-11-24-19(23)25-12-15/h4-7,11-12,17,28H,1-3,8-10,13H2,(H2,22,26,29)(H2,23,24,25)/t17-/m1/s1. The first kappa shape index (κ1) is 19.3. The van der Waals surface area contributed by atoms with Gasteiger partial charge in [0.1, 0.15) is 5.84 Å². The molecule has 2 aromatic rings. The van der Waals surface area contributed by atoms with Crippen molar-refractivity contribution in [3.63, 3.8) is 0 Å². The highest BCUT2D eigenvalue weighted by atomic mass is 16.3. The smallest absolute Gasteiger partial charge is 0.323 e. The number of hydrogen-bond acceptors (Lipinski definition) is 6. The van der Waals surface area contributed by atoms with Gasteiger partial charge in [-0.1, -0.05) is 30.7 Å². The van der Waals surface area contributed by atoms with Crippen LogP contribution in [0.4, 0.5) is 10.7 Å². The fraction of sp³-hybridized carbons (Fsp3) is 0.429. The molecule has 1 atom stereocenters. The van der Waals surface area contributed by atoms with Crippen molar-refractivity contribution in [1.29, 1.82) is 5.41 Å². The van der Waals surface area contributed by atoms with Crippen molar-refractivity contribution >= 4 is 17.8 Å². The Morgan fingerprint density at radius 2 is 1.90 bits per heavy atom. The first-order valence-corrected chi connectivity index (χ1v) is 9.99. The molecular weight excluding hydrogens is 368 g/mol. The molecular formula is C21H26N6O2. The Kier molecular flexibility index (Phi) is 5.19. The van der Waals surface area contributed by atoms with Crippen LogP contribution in [0.1, 0.15) is 37.7 Å². The minimum atomic E-state index is -0.458. The van der Waals surface area contributed by atoms with Gasteiger partial charge in [-0.2, -0.15) is 0 Å². The topological polar surface area (TPSA) is 128 Å². The summed E-state index contributed by atoms with van der Waals surface area (Å²) in [6.45, 7) is 0.581. The molecule has 152 valence electrons. The van der Waals surface area contributed by atoms with Crippen LogP contribution in [0.15, 0.2) is 36.7 Å². The number of nitrogens with two attached hydrogens (primary N) is 1. The number of rotatable bonds is 4. The van der Waals surface area contributed by atoms with Crippen molar-refractivity contribution in [2.75, 3.05) is 18.9 Å². The summed E-state index contributed by atoms with van der Waals surface area (Å²) in [6, 6.07) is 7.56. The maximum atomic E-state index is 12.6. The van der Waals surface area contributed by atoms with E-state index in [0.29, 0.717) is 6.54 Å². The van der Waals surface area contributed by atoms with Gasteiger partial charge in [-0.25, -0.2) is 14.8 Å². The molecule has 8 nitrogen and oxygen atoms in total. The van der Waals surface area contributed by atoms with Gasteiger partial charge >= 0.3 is 6.03 Å². The first-order chi connectivity index (χ1) is 14.0. The number of aliphatic hydroxyl groups excluding tert-OH is 1. The number of likely N-dealkylation sites (tertiary alicyclic amines) is 1. The van der Waals surface area contributed by atoms with E-state index in [1.165, 1.54) is 0 Å². The summed E-state index contributed by atoms with van der Waals surface area (Å²) in [5.41, 5.74) is 7.96. The second kappa shape index (κ2) is 7.79. The first-order valence-electron chi connectivity index (χ1n) is 9.99. The minimum Gasteiger partial charge on any atom is -0.394 e. The molecule has 1 aliphatic carbocycles. The summed E-state index contributed by atoms with van der Waals surface area (Å²) in [5, 5.41) is 20.9. The van der Waals surface area contributed by atoms with Crippen LogP contribution < -0.4 is 11.1 Å². The Balaban J connectivity index is 1.50. The normalized spacial score (nSPS) is 20.2. The van der Waals surface area contributed by atoms with Gasteiger partial charge < -0.3 is 15.7 Å². The number of aliphatic hydroxyl groups is 1. The summed E-state index contributed by atoms with van der Waals surface area (Å²) < 4.78 is 0. The van der Waals surface area contributed by atoms with E-state index in [4.69, 9.17) is 11.1 Å². The van der Waals surface area contributed by atoms with Crippen molar-refractivity contribution < 1.29 is 9.90 Å². The molecule has 5 N–H and O–H groups in total. The van der Waals surface area contributed by atoms with Gasteiger partial charge in [0.15, 0.2) is 0 Å². The van der Waals surface area contributed by atoms with Gasteiger partial charge in [0.05, 0.1) is 18.1 Å². The Bertz CT molecular complexity index is 892. The number of carbonyl (C=O) groups excluding carboxylic acids is 1. The van der Waals surface area contributed by atoms with E-state index >= 15 is 0 Å². The Hall–Kier alpha value is -3.00. The number of carbonyl (C=O) groups is 1. The van der Waals surface area contributed by atoms with E-state index in [0.717, 1.165) is 48.8 Å². The average molecular weight is 394 g/mol. The molecule has 1 aliphatic heterocycles. The van der Waals surface area contributed by atoms with Crippen LogP contribution in [-0.2, 0) is 5.41 Å². The van der Waals surface area contributed by atoms with Crippen molar-refractivity contribution in [1.82, 2.24) is 20.2 Å². The molecule has 1 saturated heterocycles. The number of amides is 2. The maximum absolute atomic E-state index is 12.6. The van der Waals surface area contributed by atoms with Crippen LogP contribution in [0.3, 0.4) is 0 Å². The van der Waals surface area contributed by atoms with E-state index in [1.54, 1.807) is 17.3 Å². The number of urea groups is 1. The Morgan fingerprint density at radius 1 is 1.21 bits per heavy atom. The fourth-order valence-corrected chi connectivity index (χ4v) is 4.27. The number of nitrogens with zero attached hydrogens (tertiary/aromatic N) is 3. The van der Waals surface area contributed by atoms with Gasteiger partial charge in [0, 0.05) is 24.5 Å². The van der Waals surface area contributed by atoms with Crippen LogP contribution in [0, 0.1) is 5.41 Å². The predicted molar refractivity (Wildman–Crippen MR) is 110 cm³/mol. The van der Waals surface area contributed by atoms with Crippen molar-refractivity contribution in [3.8, 4) is 11.1 Å². The lowest BCUT2D eigenvalue weighted by atomic mass is 9.63. The summed E-state index contributed by atoms with van der Waals surface area (Å²) in [7, 11) is 0. The van der Waals surface area contributed by atoms with Crippen LogP contribution in [-0.4, -0.2) is 51.0 Å². The van der Waals surface area contributed by atoms with Crippen LogP contribution in [0.25, 0.3) is 11.1 Å². The van der Waals surface area contributed by atoms with Gasteiger partial charge in [-0.15, -0.1) is 0 Å². The van der Waals surface area contributed by atoms with Gasteiger partial charge in [-0.3, -0.25) is 10.7 Å². The lowest BCUT2D eigenvalue weighted by molar-refractivity contribution is 0.159. The van der Waals surface area contributed by atoms with Gasteiger partial charge in [-0.05, 0) is 36.8 Å². The molecule has 8 heteroatoms. The fourth-order valence-electron chi connectivity index (χ4n) is 4.27. The number of hydrogen-bond donors (Lipinski definition) is 4. The van der Waals surface area contributed by atoms with Gasteiger partial charge in [0.2, 0.25) is 5.95 Å². The predicted octanol–water partition coefficient (Wildman–Crippen LogP) is 2.29. The van der Waals surface area contributed by atoms with Crippen LogP contribution in [0.2, 0.25) is 0 Å². The highest BCUT2D eigenvalue weighted by molar-refractivity contribution is 6.02. The third-order valence-electron chi connectivity index (χ3n) is 6.21. The number of nitrogen functional groups attached to an aromatic ring is 1. The zero-order chi connectivity index (χ0) is 20.4. The molecule has 0 spiro atoms. The summed E-state index contributed by atoms with van der Waals surface area (Å²) in [4.78, 5) is 22.3. The zero-order valence-corrected chi connectivity index (χ0v) is 16.3. The molecule has 4 rings (SSSR count). The van der Waals surface area contributed by atoms with Gasteiger partial charge in [0.25, 0.3) is 0 Å². The zero-order valence-electron chi connectivity index (χ0n) is 16.3. The maximum Gasteiger partial charge on any atom is 0.323 e. The number of benzene rings is 1. The number of nitrogens with one attached hydrogen (secondary N) is 2. The molecule has 2 fully saturated rings. The quantitative estimate of drug-likeness (QED) is 0.467. The van der Waals surface area contributed by atoms with E-state index < -0.39 is 5.41 Å². The second-order valence-electron chi connectivity index (χ2n) is 7.82. The summed E-state index contributed by atoms with van der Waals surface area (Å²) in [5.74, 6) is 0.477. The van der Waals surface area contributed by atoms with Crippen molar-refractivity contribution in [3.05, 3.63) is 42.2 Å². The summed E-state index contributed by atoms with van der Waals surface area (Å²) >= 11 is 0. The highest BCUT2D eigenvalue weighted by Gasteiger charge is 2.44. The number of aromatic nitrogens is 2. The lowest BCUT2D eigenvalue weighted by Gasteiger charge is -2.43. The molecule has 0 bridgehead atoms. The molecule has 1 aromatic heterocycles. The third kappa shape index (κ3) is 3.55. The van der Waals surface area contributed by atoms with Crippen LogP contribution in [0.5, 0.6) is 0 Å². The number of amidine groups is 1. The molecule has 1 aromatic carbocycles. The largest absolute Gasteiger partial charge is 0.394 e. The monoisotopic (exact) mass is 394 g/mol. The lowest BCUT2D eigenvalue weighted by Crippen LogP contribution is -2.54. The molecule has 2 amide bonds. The third-order valence-corrected chi connectivity index (χ3v) is 6.21. The molecule has 29 heavy (non-hydrogen) atoms. The van der Waals surface area contributed by atoms with E-state index in [9.17, 15) is 9.90 Å². The highest BCUT2D eigenvalue weighted by Crippen LogP contribution is 2.44. The SMILES string of the molecule is N=C(NC(=O)N1CCC[C@@H]1CO)C1(c2ccc(-c3cnc(N)nc3)cc2)CCC1. The molecule has 1 saturated carbocycles. The molecule has 0 unspecified atom stereocenters. The molecule has 0 radical (unpaired) electrons. The number of anilines is 1. The van der Waals surface area contributed by atoms with Crippen molar-refractivity contribution in [2.45, 2.75) is 43.6 Å². The minimum absolute atomic E-state index is 0.0395. The van der Waals surface area contributed by atoms with Crippen molar-refractivity contribution in [2.24, 2.45) is 0 Å².